The predicted molar refractivity (Wildman–Crippen MR) is 86.7 cm³/mol. The van der Waals surface area contributed by atoms with Crippen molar-refractivity contribution in [2.45, 2.75) is 65.4 Å². The highest BCUT2D eigenvalue weighted by Gasteiger charge is 2.40. The highest BCUT2D eigenvalue weighted by Crippen LogP contribution is 2.55. The molecule has 0 fully saturated rings. The van der Waals surface area contributed by atoms with E-state index in [4.69, 9.17) is 13.8 Å². The molecule has 0 aromatic heterocycles. The van der Waals surface area contributed by atoms with Gasteiger partial charge in [0.1, 0.15) is 0 Å². The van der Waals surface area contributed by atoms with Crippen LogP contribution in [0.5, 0.6) is 0 Å². The number of ether oxygens (including phenoxy) is 1. The lowest BCUT2D eigenvalue weighted by atomic mass is 10.2. The first-order valence-corrected chi connectivity index (χ1v) is 9.16. The molecule has 1 aromatic carbocycles. The third-order valence-corrected chi connectivity index (χ3v) is 5.31. The van der Waals surface area contributed by atoms with Crippen LogP contribution in [0.1, 0.15) is 40.2 Å². The van der Waals surface area contributed by atoms with Crippen LogP contribution in [0.4, 0.5) is 0 Å². The normalized spacial score (nSPS) is 15.3. The van der Waals surface area contributed by atoms with Crippen LogP contribution in [0, 0.1) is 0 Å². The molecule has 1 rings (SSSR count). The fourth-order valence-electron chi connectivity index (χ4n) is 1.88. The SMILES string of the molecule is CC(C)OP(=O)(OC(C)C)[C@@H](O)[C@H](C)OCc1ccccc1. The van der Waals surface area contributed by atoms with Crippen LogP contribution >= 0.6 is 7.60 Å². The number of hydrogen-bond acceptors (Lipinski definition) is 5. The third kappa shape index (κ3) is 6.19. The van der Waals surface area contributed by atoms with Gasteiger partial charge in [-0.25, -0.2) is 0 Å². The van der Waals surface area contributed by atoms with Crippen LogP contribution in [0.25, 0.3) is 0 Å². The van der Waals surface area contributed by atoms with Crippen LogP contribution in [0.3, 0.4) is 0 Å². The number of rotatable bonds is 9. The first kappa shape index (κ1) is 19.3. The molecule has 0 heterocycles. The van der Waals surface area contributed by atoms with Crippen molar-refractivity contribution in [2.24, 2.45) is 0 Å². The molecule has 1 aromatic rings. The van der Waals surface area contributed by atoms with Crippen LogP contribution in [-0.4, -0.2) is 29.3 Å². The van der Waals surface area contributed by atoms with Gasteiger partial charge in [-0.2, -0.15) is 0 Å². The lowest BCUT2D eigenvalue weighted by Gasteiger charge is -2.29. The quantitative estimate of drug-likeness (QED) is 0.695. The lowest BCUT2D eigenvalue weighted by molar-refractivity contribution is -0.0208. The monoisotopic (exact) mass is 330 g/mol. The molecule has 22 heavy (non-hydrogen) atoms. The molecular weight excluding hydrogens is 303 g/mol. The average molecular weight is 330 g/mol. The molecule has 0 saturated heterocycles. The van der Waals surface area contributed by atoms with Gasteiger partial charge in [0.15, 0.2) is 5.85 Å². The summed E-state index contributed by atoms with van der Waals surface area (Å²) in [6, 6.07) is 9.59. The molecule has 0 amide bonds. The highest BCUT2D eigenvalue weighted by atomic mass is 31.2. The summed E-state index contributed by atoms with van der Waals surface area (Å²) in [6.07, 6.45) is -1.32. The van der Waals surface area contributed by atoms with E-state index in [9.17, 15) is 9.67 Å². The first-order valence-electron chi connectivity index (χ1n) is 7.54. The summed E-state index contributed by atoms with van der Waals surface area (Å²) in [5.41, 5.74) is 0.978. The van der Waals surface area contributed by atoms with Gasteiger partial charge >= 0.3 is 7.60 Å². The zero-order valence-electron chi connectivity index (χ0n) is 13.9. The van der Waals surface area contributed by atoms with Crippen molar-refractivity contribution in [1.29, 1.82) is 0 Å². The summed E-state index contributed by atoms with van der Waals surface area (Å²) < 4.78 is 29.2. The van der Waals surface area contributed by atoms with Crippen molar-refractivity contribution in [1.82, 2.24) is 0 Å². The molecule has 2 atom stereocenters. The molecule has 0 radical (unpaired) electrons. The Morgan fingerprint density at radius 1 is 1.00 bits per heavy atom. The van der Waals surface area contributed by atoms with Crippen molar-refractivity contribution in [3.8, 4) is 0 Å². The Balaban J connectivity index is 2.71. The zero-order valence-corrected chi connectivity index (χ0v) is 14.8. The first-order chi connectivity index (χ1) is 10.2. The molecule has 0 aliphatic heterocycles. The van der Waals surface area contributed by atoms with Crippen molar-refractivity contribution in [3.05, 3.63) is 35.9 Å². The van der Waals surface area contributed by atoms with E-state index in [-0.39, 0.29) is 12.2 Å². The van der Waals surface area contributed by atoms with Gasteiger partial charge in [0.25, 0.3) is 0 Å². The Kier molecular flexibility index (Phi) is 7.74. The van der Waals surface area contributed by atoms with Crippen LogP contribution in [0.2, 0.25) is 0 Å². The van der Waals surface area contributed by atoms with Gasteiger partial charge in [0.2, 0.25) is 0 Å². The minimum absolute atomic E-state index is 0.319. The molecular formula is C16H27O5P. The van der Waals surface area contributed by atoms with E-state index in [1.807, 2.05) is 30.3 Å². The summed E-state index contributed by atoms with van der Waals surface area (Å²) in [5, 5.41) is 10.4. The summed E-state index contributed by atoms with van der Waals surface area (Å²) >= 11 is 0. The van der Waals surface area contributed by atoms with Gasteiger partial charge in [-0.15, -0.1) is 0 Å². The van der Waals surface area contributed by atoms with E-state index in [1.54, 1.807) is 34.6 Å². The largest absolute Gasteiger partial charge is 0.378 e. The molecule has 6 heteroatoms. The van der Waals surface area contributed by atoms with Gasteiger partial charge in [-0.1, -0.05) is 30.3 Å². The molecule has 0 saturated carbocycles. The van der Waals surface area contributed by atoms with Crippen molar-refractivity contribution >= 4 is 7.60 Å². The van der Waals surface area contributed by atoms with E-state index in [2.05, 4.69) is 0 Å². The number of hydrogen-bond donors (Lipinski definition) is 1. The fourth-order valence-corrected chi connectivity index (χ4v) is 3.96. The van der Waals surface area contributed by atoms with Gasteiger partial charge in [0.05, 0.1) is 24.9 Å². The van der Waals surface area contributed by atoms with Crippen molar-refractivity contribution in [3.63, 3.8) is 0 Å². The van der Waals surface area contributed by atoms with Gasteiger partial charge in [-0.05, 0) is 40.2 Å². The Hall–Kier alpha value is -0.710. The Labute approximate surface area is 133 Å². The summed E-state index contributed by atoms with van der Waals surface area (Å²) in [4.78, 5) is 0. The maximum absolute atomic E-state index is 12.8. The van der Waals surface area contributed by atoms with Crippen LogP contribution in [-0.2, 0) is 25.0 Å². The minimum atomic E-state index is -3.67. The number of aliphatic hydroxyl groups is 1. The highest BCUT2D eigenvalue weighted by molar-refractivity contribution is 7.54. The summed E-state index contributed by atoms with van der Waals surface area (Å²) in [5.74, 6) is -1.33. The number of benzene rings is 1. The third-order valence-electron chi connectivity index (χ3n) is 2.82. The fraction of sp³-hybridized carbons (Fsp3) is 0.625. The summed E-state index contributed by atoms with van der Waals surface area (Å²) in [6.45, 7) is 8.98. The molecule has 0 aliphatic carbocycles. The topological polar surface area (TPSA) is 65.0 Å². The molecule has 1 N–H and O–H groups in total. The lowest BCUT2D eigenvalue weighted by Crippen LogP contribution is -2.29. The van der Waals surface area contributed by atoms with E-state index >= 15 is 0 Å². The molecule has 0 spiro atoms. The van der Waals surface area contributed by atoms with Crippen molar-refractivity contribution < 1.29 is 23.5 Å². The van der Waals surface area contributed by atoms with Crippen molar-refractivity contribution in [2.75, 3.05) is 0 Å². The van der Waals surface area contributed by atoms with Gasteiger partial charge in [-0.3, -0.25) is 4.57 Å². The second-order valence-corrected chi connectivity index (χ2v) is 7.79. The zero-order chi connectivity index (χ0) is 16.8. The van der Waals surface area contributed by atoms with Gasteiger partial charge < -0.3 is 18.9 Å². The maximum atomic E-state index is 12.8. The van der Waals surface area contributed by atoms with Crippen LogP contribution in [0.15, 0.2) is 30.3 Å². The second-order valence-electron chi connectivity index (χ2n) is 5.76. The van der Waals surface area contributed by atoms with Crippen LogP contribution < -0.4 is 0 Å². The standard InChI is InChI=1S/C16H27O5P/c1-12(2)20-22(18,21-13(3)4)16(17)14(5)19-11-15-9-7-6-8-10-15/h6-10,12-14,16-17H,11H2,1-5H3/t14-,16+/m0/s1. The molecule has 5 nitrogen and oxygen atoms in total. The number of aliphatic hydroxyl groups excluding tert-OH is 1. The smallest absolute Gasteiger partial charge is 0.362 e. The Morgan fingerprint density at radius 3 is 1.95 bits per heavy atom. The summed E-state index contributed by atoms with van der Waals surface area (Å²) in [7, 11) is -3.67. The Bertz CT molecular complexity index is 461. The Morgan fingerprint density at radius 2 is 1.50 bits per heavy atom. The molecule has 0 bridgehead atoms. The average Bonchev–Trinajstić information content (AvgIpc) is 2.43. The molecule has 126 valence electrons. The van der Waals surface area contributed by atoms with E-state index < -0.39 is 19.5 Å². The maximum Gasteiger partial charge on any atom is 0.362 e. The van der Waals surface area contributed by atoms with E-state index in [1.165, 1.54) is 0 Å². The minimum Gasteiger partial charge on any atom is -0.378 e. The van der Waals surface area contributed by atoms with Gasteiger partial charge in [0, 0.05) is 0 Å². The van der Waals surface area contributed by atoms with E-state index in [0.29, 0.717) is 6.61 Å². The second kappa shape index (κ2) is 8.80. The molecule has 0 aliphatic rings. The molecule has 0 unspecified atom stereocenters. The van der Waals surface area contributed by atoms with E-state index in [0.717, 1.165) is 5.56 Å². The predicted octanol–water partition coefficient (Wildman–Crippen LogP) is 3.95.